The lowest BCUT2D eigenvalue weighted by atomic mass is 9.77. The number of esters is 2. The zero-order chi connectivity index (χ0) is 35.0. The van der Waals surface area contributed by atoms with Crippen LogP contribution < -0.4 is 19.1 Å². The second-order valence-electron chi connectivity index (χ2n) is 13.3. The van der Waals surface area contributed by atoms with Gasteiger partial charge in [0.2, 0.25) is 5.72 Å². The highest BCUT2D eigenvalue weighted by atomic mass is 16.5. The Hall–Kier alpha value is -5.89. The topological polar surface area (TPSA) is 86.7 Å². The minimum absolute atomic E-state index is 0.0343. The van der Waals surface area contributed by atoms with E-state index in [1.165, 1.54) is 0 Å². The Bertz CT molecular complexity index is 2140. The zero-order valence-corrected chi connectivity index (χ0v) is 28.5. The summed E-state index contributed by atoms with van der Waals surface area (Å²) in [6.45, 7) is 10.3. The van der Waals surface area contributed by atoms with Crippen LogP contribution in [0, 0.1) is 5.92 Å². The third-order valence-corrected chi connectivity index (χ3v) is 9.62. The van der Waals surface area contributed by atoms with Crippen LogP contribution in [-0.2, 0) is 14.9 Å². The molecule has 5 aromatic carbocycles. The van der Waals surface area contributed by atoms with E-state index in [1.807, 2.05) is 93.0 Å². The van der Waals surface area contributed by atoms with Gasteiger partial charge < -0.3 is 23.8 Å². The molecule has 0 bridgehead atoms. The molecule has 1 spiro atoms. The van der Waals surface area contributed by atoms with Crippen molar-refractivity contribution in [2.45, 2.75) is 31.9 Å². The van der Waals surface area contributed by atoms with Crippen LogP contribution in [0.3, 0.4) is 0 Å². The highest BCUT2D eigenvalue weighted by molar-refractivity contribution is 6.00. The number of hydrogen-bond donors (Lipinski definition) is 0. The smallest absolute Gasteiger partial charge is 0.343 e. The Balaban J connectivity index is 1.02. The van der Waals surface area contributed by atoms with Gasteiger partial charge in [-0.1, -0.05) is 68.1 Å². The molecule has 2 aliphatic heterocycles. The van der Waals surface area contributed by atoms with Crippen molar-refractivity contribution in [3.05, 3.63) is 127 Å². The molecular weight excluding hydrogens is 628 g/mol. The lowest BCUT2D eigenvalue weighted by Gasteiger charge is -2.44. The van der Waals surface area contributed by atoms with E-state index in [2.05, 4.69) is 43.5 Å². The lowest BCUT2D eigenvalue weighted by molar-refractivity contribution is -0.139. The van der Waals surface area contributed by atoms with Crippen LogP contribution >= 0.6 is 0 Å². The molecule has 0 radical (unpaired) electrons. The van der Waals surface area contributed by atoms with Gasteiger partial charge in [-0.2, -0.15) is 0 Å². The van der Waals surface area contributed by atoms with Crippen molar-refractivity contribution < 1.29 is 28.5 Å². The van der Waals surface area contributed by atoms with Gasteiger partial charge in [-0.3, -0.25) is 4.99 Å². The van der Waals surface area contributed by atoms with E-state index in [9.17, 15) is 9.59 Å². The normalized spacial score (nSPS) is 17.4. The van der Waals surface area contributed by atoms with Crippen LogP contribution in [0.25, 0.3) is 21.9 Å². The summed E-state index contributed by atoms with van der Waals surface area (Å²) in [6.07, 6.45) is 3.05. The maximum absolute atomic E-state index is 13.3. The molecule has 0 aliphatic carbocycles. The number of anilines is 1. The molecule has 2 aliphatic rings. The van der Waals surface area contributed by atoms with E-state index in [4.69, 9.17) is 23.9 Å². The van der Waals surface area contributed by atoms with E-state index >= 15 is 0 Å². The Kier molecular flexibility index (Phi) is 8.39. The molecule has 0 N–H and O–H groups in total. The van der Waals surface area contributed by atoms with Crippen molar-refractivity contribution in [1.82, 2.24) is 0 Å². The van der Waals surface area contributed by atoms with E-state index in [0.717, 1.165) is 50.7 Å². The van der Waals surface area contributed by atoms with Crippen molar-refractivity contribution in [1.29, 1.82) is 0 Å². The quantitative estimate of drug-likeness (QED) is 0.0884. The predicted molar refractivity (Wildman–Crippen MR) is 196 cm³/mol. The molecule has 0 amide bonds. The molecular formula is C42H38N2O6. The van der Waals surface area contributed by atoms with Gasteiger partial charge in [0.1, 0.15) is 22.9 Å². The fourth-order valence-corrected chi connectivity index (χ4v) is 6.68. The number of carbonyl (C=O) groups is 2. The van der Waals surface area contributed by atoms with Gasteiger partial charge in [0, 0.05) is 30.1 Å². The van der Waals surface area contributed by atoms with Crippen LogP contribution in [0.2, 0.25) is 0 Å². The van der Waals surface area contributed by atoms with E-state index in [1.54, 1.807) is 12.1 Å². The average molecular weight is 667 g/mol. The standard InChI is InChI=1S/C42H38N2O6/c1-6-38(45)48-25-27(2)24-47-32-18-15-29(16-19-32)28-11-13-31(14-12-28)40(46)49-33-20-21-36-35(23-33)41(3,4)42(44(36)5)26-43-39-34-10-8-7-9-30(34)17-22-37(39)50-42/h6-23,26-27H,1,24-25H2,2-5H3/t27-,42?/m1/s1. The highest BCUT2D eigenvalue weighted by Gasteiger charge is 2.58. The van der Waals surface area contributed by atoms with Crippen molar-refractivity contribution >= 4 is 40.3 Å². The van der Waals surface area contributed by atoms with Crippen molar-refractivity contribution in [3.63, 3.8) is 0 Å². The molecule has 1 unspecified atom stereocenters. The molecule has 50 heavy (non-hydrogen) atoms. The number of benzene rings is 5. The van der Waals surface area contributed by atoms with Gasteiger partial charge in [-0.05, 0) is 84.5 Å². The number of likely N-dealkylation sites (N-methyl/N-ethyl adjacent to an activating group) is 1. The number of ether oxygens (including phenoxy) is 4. The molecule has 5 aromatic rings. The largest absolute Gasteiger partial charge is 0.493 e. The average Bonchev–Trinajstić information content (AvgIpc) is 3.30. The summed E-state index contributed by atoms with van der Waals surface area (Å²) < 4.78 is 23.6. The summed E-state index contributed by atoms with van der Waals surface area (Å²) in [6, 6.07) is 33.0. The molecule has 0 aromatic heterocycles. The Morgan fingerprint density at radius 1 is 0.900 bits per heavy atom. The van der Waals surface area contributed by atoms with E-state index in [-0.39, 0.29) is 12.5 Å². The molecule has 2 heterocycles. The lowest BCUT2D eigenvalue weighted by Crippen LogP contribution is -2.61. The minimum Gasteiger partial charge on any atom is -0.493 e. The van der Waals surface area contributed by atoms with Gasteiger partial charge >= 0.3 is 11.9 Å². The molecule has 0 fully saturated rings. The van der Waals surface area contributed by atoms with Crippen molar-refractivity contribution in [3.8, 4) is 28.4 Å². The number of rotatable bonds is 9. The summed E-state index contributed by atoms with van der Waals surface area (Å²) in [5.41, 5.74) is 3.78. The number of fused-ring (bicyclic) bond motifs is 4. The second kappa shape index (κ2) is 12.9. The number of hydrogen-bond acceptors (Lipinski definition) is 8. The van der Waals surface area contributed by atoms with Gasteiger partial charge in [0.15, 0.2) is 0 Å². The highest BCUT2D eigenvalue weighted by Crippen LogP contribution is 2.54. The Labute approximate surface area is 291 Å². The monoisotopic (exact) mass is 666 g/mol. The van der Waals surface area contributed by atoms with Crippen LogP contribution in [-0.4, -0.2) is 44.1 Å². The van der Waals surface area contributed by atoms with Crippen molar-refractivity contribution in [2.75, 3.05) is 25.2 Å². The van der Waals surface area contributed by atoms with Gasteiger partial charge in [-0.15, -0.1) is 0 Å². The van der Waals surface area contributed by atoms with Crippen molar-refractivity contribution in [2.24, 2.45) is 10.9 Å². The summed E-state index contributed by atoms with van der Waals surface area (Å²) in [7, 11) is 2.01. The van der Waals surface area contributed by atoms with Gasteiger partial charge in [0.25, 0.3) is 0 Å². The van der Waals surface area contributed by atoms with E-state index in [0.29, 0.717) is 23.7 Å². The first-order valence-electron chi connectivity index (χ1n) is 16.6. The molecule has 8 nitrogen and oxygen atoms in total. The fourth-order valence-electron chi connectivity index (χ4n) is 6.68. The minimum atomic E-state index is -0.867. The number of carbonyl (C=O) groups excluding carboxylic acids is 2. The summed E-state index contributed by atoms with van der Waals surface area (Å²) in [5.74, 6) is 1.05. The maximum atomic E-state index is 13.3. The second-order valence-corrected chi connectivity index (χ2v) is 13.3. The maximum Gasteiger partial charge on any atom is 0.343 e. The van der Waals surface area contributed by atoms with Gasteiger partial charge in [0.05, 0.1) is 30.4 Å². The summed E-state index contributed by atoms with van der Waals surface area (Å²) >= 11 is 0. The molecule has 252 valence electrons. The molecule has 0 saturated heterocycles. The SMILES string of the molecule is C=CC(=O)OC[C@H](C)COc1ccc(-c2ccc(C(=O)Oc3ccc4c(c3)C(C)(C)C3(C=Nc5c(ccc6ccccc56)O3)N4C)cc2)cc1. The van der Waals surface area contributed by atoms with Gasteiger partial charge in [-0.25, -0.2) is 9.59 Å². The molecule has 8 heteroatoms. The zero-order valence-electron chi connectivity index (χ0n) is 28.5. The Morgan fingerprint density at radius 2 is 1.60 bits per heavy atom. The Morgan fingerprint density at radius 3 is 2.34 bits per heavy atom. The number of aliphatic imine (C=N–C) groups is 1. The first kappa shape index (κ1) is 32.6. The third-order valence-electron chi connectivity index (χ3n) is 9.62. The van der Waals surface area contributed by atoms with Crippen LogP contribution in [0.1, 0.15) is 36.7 Å². The molecule has 0 saturated carbocycles. The summed E-state index contributed by atoms with van der Waals surface area (Å²) in [5, 5.41) is 2.16. The molecule has 2 atom stereocenters. The third kappa shape index (κ3) is 5.76. The predicted octanol–water partition coefficient (Wildman–Crippen LogP) is 8.69. The summed E-state index contributed by atoms with van der Waals surface area (Å²) in [4.78, 5) is 31.6. The van der Waals surface area contributed by atoms with E-state index < -0.39 is 23.1 Å². The first-order valence-corrected chi connectivity index (χ1v) is 16.6. The fraction of sp³-hybridized carbons (Fsp3) is 0.214. The van der Waals surface area contributed by atoms with Crippen LogP contribution in [0.4, 0.5) is 11.4 Å². The van der Waals surface area contributed by atoms with Crippen LogP contribution in [0.15, 0.2) is 121 Å². The molecule has 7 rings (SSSR count). The van der Waals surface area contributed by atoms with Crippen LogP contribution in [0.5, 0.6) is 17.2 Å². The number of nitrogens with zero attached hydrogens (tertiary/aromatic N) is 2. The first-order chi connectivity index (χ1) is 24.1.